The van der Waals surface area contributed by atoms with Crippen LogP contribution >= 0.6 is 11.3 Å². The van der Waals surface area contributed by atoms with Crippen LogP contribution < -0.4 is 5.32 Å². The van der Waals surface area contributed by atoms with Crippen molar-refractivity contribution in [1.82, 2.24) is 25.0 Å². The Morgan fingerprint density at radius 2 is 2.21 bits per heavy atom. The molecule has 3 atom stereocenters. The van der Waals surface area contributed by atoms with Crippen LogP contribution in [0.3, 0.4) is 0 Å². The minimum absolute atomic E-state index is 0.0406. The SMILES string of the molecule is Cc1nc(C)c(C(C)N(C)C(=O)[C@H]2CNC[C@@H]2c2cnn(C)c2)s1. The number of aryl methyl sites for hydroxylation is 3. The standard InChI is InChI=1S/C17H25N5OS/c1-10-16(24-12(3)20-10)11(2)22(5)17(23)15-8-18-7-14(15)13-6-19-21(4)9-13/h6,9,11,14-15,18H,7-8H2,1-5H3/t11?,14-,15+/m1/s1. The van der Waals surface area contributed by atoms with Gasteiger partial charge in [0.15, 0.2) is 0 Å². The molecule has 2 aromatic rings. The van der Waals surface area contributed by atoms with Gasteiger partial charge in [-0.15, -0.1) is 11.3 Å². The normalized spacial score (nSPS) is 21.9. The van der Waals surface area contributed by atoms with Crippen molar-refractivity contribution in [2.75, 3.05) is 20.1 Å². The van der Waals surface area contributed by atoms with E-state index in [-0.39, 0.29) is 23.8 Å². The lowest BCUT2D eigenvalue weighted by Gasteiger charge is -2.29. The Morgan fingerprint density at radius 3 is 2.79 bits per heavy atom. The van der Waals surface area contributed by atoms with Gasteiger partial charge in [-0.2, -0.15) is 5.10 Å². The second-order valence-corrected chi connectivity index (χ2v) is 7.86. The molecule has 0 saturated carbocycles. The summed E-state index contributed by atoms with van der Waals surface area (Å²) < 4.78 is 1.80. The molecule has 0 radical (unpaired) electrons. The summed E-state index contributed by atoms with van der Waals surface area (Å²) in [7, 11) is 3.81. The lowest BCUT2D eigenvalue weighted by atomic mass is 9.89. The van der Waals surface area contributed by atoms with Crippen molar-refractivity contribution in [2.45, 2.75) is 32.7 Å². The summed E-state index contributed by atoms with van der Waals surface area (Å²) in [6.45, 7) is 7.65. The third-order valence-electron chi connectivity index (χ3n) is 4.93. The zero-order chi connectivity index (χ0) is 17.4. The first-order valence-corrected chi connectivity index (χ1v) is 9.10. The van der Waals surface area contributed by atoms with Crippen molar-refractivity contribution >= 4 is 17.2 Å². The van der Waals surface area contributed by atoms with Crippen LogP contribution in [-0.4, -0.2) is 45.7 Å². The van der Waals surface area contributed by atoms with E-state index in [0.717, 1.165) is 29.4 Å². The lowest BCUT2D eigenvalue weighted by molar-refractivity contribution is -0.135. The average molecular weight is 347 g/mol. The van der Waals surface area contributed by atoms with Crippen molar-refractivity contribution in [2.24, 2.45) is 13.0 Å². The highest BCUT2D eigenvalue weighted by Crippen LogP contribution is 2.33. The minimum atomic E-state index is -0.0454. The van der Waals surface area contributed by atoms with Gasteiger partial charge in [0, 0.05) is 44.2 Å². The molecule has 0 bridgehead atoms. The van der Waals surface area contributed by atoms with Crippen LogP contribution in [-0.2, 0) is 11.8 Å². The highest BCUT2D eigenvalue weighted by molar-refractivity contribution is 7.11. The molecule has 1 N–H and O–H groups in total. The van der Waals surface area contributed by atoms with E-state index < -0.39 is 0 Å². The molecule has 1 amide bonds. The Balaban J connectivity index is 1.78. The van der Waals surface area contributed by atoms with Gasteiger partial charge >= 0.3 is 0 Å². The van der Waals surface area contributed by atoms with Gasteiger partial charge in [0.2, 0.25) is 5.91 Å². The number of carbonyl (C=O) groups is 1. The molecule has 0 aliphatic carbocycles. The van der Waals surface area contributed by atoms with Crippen LogP contribution in [0.4, 0.5) is 0 Å². The lowest BCUT2D eigenvalue weighted by Crippen LogP contribution is -2.37. The maximum absolute atomic E-state index is 13.1. The molecule has 3 rings (SSSR count). The Hall–Kier alpha value is -1.73. The van der Waals surface area contributed by atoms with Crippen LogP contribution in [0.2, 0.25) is 0 Å². The second-order valence-electron chi connectivity index (χ2n) is 6.63. The highest BCUT2D eigenvalue weighted by Gasteiger charge is 2.37. The van der Waals surface area contributed by atoms with Gasteiger partial charge in [-0.1, -0.05) is 0 Å². The molecule has 1 aliphatic heterocycles. The predicted octanol–water partition coefficient (Wildman–Crippen LogP) is 2.02. The maximum atomic E-state index is 13.1. The Labute approximate surface area is 146 Å². The third-order valence-corrected chi connectivity index (χ3v) is 6.17. The molecular formula is C17H25N5OS. The fraction of sp³-hybridized carbons (Fsp3) is 0.588. The van der Waals surface area contributed by atoms with Crippen LogP contribution in [0.5, 0.6) is 0 Å². The first-order chi connectivity index (χ1) is 11.4. The molecule has 3 heterocycles. The average Bonchev–Trinajstić information content (AvgIpc) is 3.24. The zero-order valence-corrected chi connectivity index (χ0v) is 15.7. The van der Waals surface area contributed by atoms with Gasteiger partial charge in [0.05, 0.1) is 28.9 Å². The number of aromatic nitrogens is 3. The molecule has 24 heavy (non-hydrogen) atoms. The topological polar surface area (TPSA) is 63.1 Å². The molecule has 1 aliphatic rings. The zero-order valence-electron chi connectivity index (χ0n) is 14.9. The molecule has 2 aromatic heterocycles. The number of hydrogen-bond acceptors (Lipinski definition) is 5. The quantitative estimate of drug-likeness (QED) is 0.919. The molecule has 6 nitrogen and oxygen atoms in total. The van der Waals surface area contributed by atoms with Crippen molar-refractivity contribution in [3.05, 3.63) is 33.5 Å². The molecule has 0 spiro atoms. The van der Waals surface area contributed by atoms with Crippen molar-refractivity contribution < 1.29 is 4.79 Å². The summed E-state index contributed by atoms with van der Waals surface area (Å²) in [6, 6.07) is 0.0406. The second kappa shape index (κ2) is 6.64. The number of thiazole rings is 1. The van der Waals surface area contributed by atoms with Gasteiger partial charge in [0.1, 0.15) is 0 Å². The number of nitrogens with zero attached hydrogens (tertiary/aromatic N) is 4. The maximum Gasteiger partial charge on any atom is 0.227 e. The summed E-state index contributed by atoms with van der Waals surface area (Å²) in [6.07, 6.45) is 3.89. The summed E-state index contributed by atoms with van der Waals surface area (Å²) in [5, 5.41) is 8.67. The van der Waals surface area contributed by atoms with E-state index in [1.807, 2.05) is 45.2 Å². The summed E-state index contributed by atoms with van der Waals surface area (Å²) in [5.74, 6) is 0.327. The Morgan fingerprint density at radius 1 is 1.46 bits per heavy atom. The number of rotatable bonds is 4. The van der Waals surface area contributed by atoms with E-state index in [0.29, 0.717) is 0 Å². The molecule has 0 aromatic carbocycles. The monoisotopic (exact) mass is 347 g/mol. The first-order valence-electron chi connectivity index (χ1n) is 8.28. The van der Waals surface area contributed by atoms with Crippen molar-refractivity contribution in [3.8, 4) is 0 Å². The number of hydrogen-bond donors (Lipinski definition) is 1. The number of amides is 1. The Kier molecular flexibility index (Phi) is 4.73. The predicted molar refractivity (Wildman–Crippen MR) is 95.1 cm³/mol. The van der Waals surface area contributed by atoms with Crippen LogP contribution in [0.15, 0.2) is 12.4 Å². The van der Waals surface area contributed by atoms with E-state index >= 15 is 0 Å². The van der Waals surface area contributed by atoms with E-state index in [9.17, 15) is 4.79 Å². The molecule has 1 unspecified atom stereocenters. The van der Waals surface area contributed by atoms with E-state index in [2.05, 4.69) is 22.3 Å². The van der Waals surface area contributed by atoms with Crippen LogP contribution in [0.1, 0.15) is 40.0 Å². The van der Waals surface area contributed by atoms with Crippen molar-refractivity contribution in [3.63, 3.8) is 0 Å². The van der Waals surface area contributed by atoms with Crippen LogP contribution in [0.25, 0.3) is 0 Å². The summed E-state index contributed by atoms with van der Waals surface area (Å²) >= 11 is 1.68. The molecule has 7 heteroatoms. The fourth-order valence-corrected chi connectivity index (χ4v) is 4.51. The molecule has 1 saturated heterocycles. The van der Waals surface area contributed by atoms with Gasteiger partial charge < -0.3 is 10.2 Å². The molecular weight excluding hydrogens is 322 g/mol. The molecule has 1 fully saturated rings. The smallest absolute Gasteiger partial charge is 0.227 e. The fourth-order valence-electron chi connectivity index (χ4n) is 3.48. The van der Waals surface area contributed by atoms with E-state index in [4.69, 9.17) is 0 Å². The van der Waals surface area contributed by atoms with Gasteiger partial charge in [-0.25, -0.2) is 4.98 Å². The number of carbonyl (C=O) groups excluding carboxylic acids is 1. The first kappa shape index (κ1) is 17.1. The van der Waals surface area contributed by atoms with Crippen LogP contribution in [0, 0.1) is 19.8 Å². The summed E-state index contributed by atoms with van der Waals surface area (Å²) in [4.78, 5) is 20.7. The van der Waals surface area contributed by atoms with Gasteiger partial charge in [-0.05, 0) is 26.3 Å². The van der Waals surface area contributed by atoms with E-state index in [1.165, 1.54) is 4.88 Å². The Bertz CT molecular complexity index is 737. The minimum Gasteiger partial charge on any atom is -0.338 e. The van der Waals surface area contributed by atoms with Crippen molar-refractivity contribution in [1.29, 1.82) is 0 Å². The van der Waals surface area contributed by atoms with E-state index in [1.54, 1.807) is 16.0 Å². The van der Waals surface area contributed by atoms with Gasteiger partial charge in [0.25, 0.3) is 0 Å². The third kappa shape index (κ3) is 3.10. The highest BCUT2D eigenvalue weighted by atomic mass is 32.1. The largest absolute Gasteiger partial charge is 0.338 e. The number of nitrogens with one attached hydrogen (secondary N) is 1. The summed E-state index contributed by atoms with van der Waals surface area (Å²) in [5.41, 5.74) is 2.16. The molecule has 130 valence electrons. The van der Waals surface area contributed by atoms with Gasteiger partial charge in [-0.3, -0.25) is 9.48 Å².